The van der Waals surface area contributed by atoms with Gasteiger partial charge >= 0.3 is 0 Å². The Hall–Kier alpha value is -0.610. The molecule has 1 unspecified atom stereocenters. The lowest BCUT2D eigenvalue weighted by atomic mass is 10.2. The predicted molar refractivity (Wildman–Crippen MR) is 66.4 cm³/mol. The maximum atomic E-state index is 12.0. The van der Waals surface area contributed by atoms with Crippen LogP contribution in [-0.4, -0.2) is 62.7 Å². The van der Waals surface area contributed by atoms with Gasteiger partial charge in [0.1, 0.15) is 6.10 Å². The van der Waals surface area contributed by atoms with Crippen molar-refractivity contribution in [1.82, 2.24) is 9.80 Å². The van der Waals surface area contributed by atoms with Gasteiger partial charge in [-0.1, -0.05) is 13.8 Å². The molecule has 0 aromatic rings. The molecule has 4 heteroatoms. The van der Waals surface area contributed by atoms with E-state index in [1.54, 1.807) is 14.0 Å². The molecule has 0 N–H and O–H groups in total. The van der Waals surface area contributed by atoms with Crippen LogP contribution in [0.5, 0.6) is 0 Å². The van der Waals surface area contributed by atoms with Crippen LogP contribution in [0.25, 0.3) is 0 Å². The van der Waals surface area contributed by atoms with Crippen LogP contribution in [0.4, 0.5) is 0 Å². The van der Waals surface area contributed by atoms with Gasteiger partial charge in [-0.15, -0.1) is 0 Å². The molecule has 0 aromatic heterocycles. The number of hydrogen-bond donors (Lipinski definition) is 0. The van der Waals surface area contributed by atoms with Crippen molar-refractivity contribution in [2.24, 2.45) is 5.92 Å². The third-order valence-corrected chi connectivity index (χ3v) is 2.42. The number of methoxy groups -OCH3 is 1. The second-order valence-corrected chi connectivity index (χ2v) is 4.86. The van der Waals surface area contributed by atoms with Crippen molar-refractivity contribution >= 4 is 5.91 Å². The van der Waals surface area contributed by atoms with Crippen LogP contribution in [0.1, 0.15) is 20.8 Å². The molecule has 0 saturated carbocycles. The summed E-state index contributed by atoms with van der Waals surface area (Å²) in [6.07, 6.45) is -0.346. The molecular weight excluding hydrogens is 204 g/mol. The standard InChI is InChI=1S/C12H26N2O2/c1-10(2)9-14(8-7-13(4)5)12(15)11(3)16-6/h10-11H,7-9H2,1-6H3. The molecule has 0 aliphatic rings. The fraction of sp³-hybridized carbons (Fsp3) is 0.917. The summed E-state index contributed by atoms with van der Waals surface area (Å²) < 4.78 is 5.08. The second-order valence-electron chi connectivity index (χ2n) is 4.86. The topological polar surface area (TPSA) is 32.8 Å². The molecule has 0 aromatic carbocycles. The van der Waals surface area contributed by atoms with Gasteiger partial charge in [0.25, 0.3) is 5.91 Å². The van der Waals surface area contributed by atoms with Gasteiger partial charge in [0.2, 0.25) is 0 Å². The number of amides is 1. The van der Waals surface area contributed by atoms with Crippen molar-refractivity contribution < 1.29 is 9.53 Å². The molecule has 1 amide bonds. The first-order valence-corrected chi connectivity index (χ1v) is 5.84. The molecule has 0 fully saturated rings. The highest BCUT2D eigenvalue weighted by atomic mass is 16.5. The minimum Gasteiger partial charge on any atom is -0.372 e. The first-order valence-electron chi connectivity index (χ1n) is 5.84. The molecule has 1 atom stereocenters. The summed E-state index contributed by atoms with van der Waals surface area (Å²) in [6, 6.07) is 0. The molecule has 96 valence electrons. The van der Waals surface area contributed by atoms with Crippen LogP contribution in [0.3, 0.4) is 0 Å². The fourth-order valence-electron chi connectivity index (χ4n) is 1.41. The summed E-state index contributed by atoms with van der Waals surface area (Å²) in [6.45, 7) is 8.47. The Morgan fingerprint density at radius 3 is 2.12 bits per heavy atom. The van der Waals surface area contributed by atoms with Crippen molar-refractivity contribution in [1.29, 1.82) is 0 Å². The van der Waals surface area contributed by atoms with Crippen molar-refractivity contribution in [2.45, 2.75) is 26.9 Å². The fourth-order valence-corrected chi connectivity index (χ4v) is 1.41. The first-order chi connectivity index (χ1) is 7.38. The van der Waals surface area contributed by atoms with E-state index in [0.717, 1.165) is 19.6 Å². The minimum atomic E-state index is -0.346. The van der Waals surface area contributed by atoms with E-state index in [4.69, 9.17) is 4.74 Å². The van der Waals surface area contributed by atoms with Gasteiger partial charge in [0.15, 0.2) is 0 Å². The molecule has 0 aliphatic carbocycles. The van der Waals surface area contributed by atoms with Crippen LogP contribution in [0.2, 0.25) is 0 Å². The van der Waals surface area contributed by atoms with Gasteiger partial charge < -0.3 is 14.5 Å². The number of carbonyl (C=O) groups is 1. The van der Waals surface area contributed by atoms with E-state index < -0.39 is 0 Å². The summed E-state index contributed by atoms with van der Waals surface area (Å²) in [7, 11) is 5.59. The molecule has 0 bridgehead atoms. The summed E-state index contributed by atoms with van der Waals surface area (Å²) >= 11 is 0. The normalized spacial score (nSPS) is 13.2. The molecule has 4 nitrogen and oxygen atoms in total. The van der Waals surface area contributed by atoms with E-state index in [2.05, 4.69) is 18.7 Å². The van der Waals surface area contributed by atoms with E-state index in [1.165, 1.54) is 0 Å². The average molecular weight is 230 g/mol. The highest BCUT2D eigenvalue weighted by molar-refractivity contribution is 5.80. The zero-order chi connectivity index (χ0) is 12.7. The van der Waals surface area contributed by atoms with Crippen molar-refractivity contribution in [2.75, 3.05) is 40.8 Å². The smallest absolute Gasteiger partial charge is 0.251 e. The Kier molecular flexibility index (Phi) is 7.34. The van der Waals surface area contributed by atoms with Gasteiger partial charge in [-0.2, -0.15) is 0 Å². The van der Waals surface area contributed by atoms with Gasteiger partial charge in [0.05, 0.1) is 0 Å². The molecule has 0 saturated heterocycles. The van der Waals surface area contributed by atoms with Crippen LogP contribution in [0, 0.1) is 5.92 Å². The average Bonchev–Trinajstić information content (AvgIpc) is 2.21. The predicted octanol–water partition coefficient (Wildman–Crippen LogP) is 1.07. The third-order valence-electron chi connectivity index (χ3n) is 2.42. The SMILES string of the molecule is COC(C)C(=O)N(CCN(C)C)CC(C)C. The van der Waals surface area contributed by atoms with Gasteiger partial charge in [-0.3, -0.25) is 4.79 Å². The van der Waals surface area contributed by atoms with E-state index >= 15 is 0 Å². The summed E-state index contributed by atoms with van der Waals surface area (Å²) in [5.41, 5.74) is 0. The Morgan fingerprint density at radius 1 is 1.19 bits per heavy atom. The van der Waals surface area contributed by atoms with Crippen LogP contribution >= 0.6 is 0 Å². The Labute approximate surface area is 99.5 Å². The zero-order valence-electron chi connectivity index (χ0n) is 11.5. The van der Waals surface area contributed by atoms with Gasteiger partial charge in [-0.25, -0.2) is 0 Å². The zero-order valence-corrected chi connectivity index (χ0v) is 11.5. The molecule has 0 spiro atoms. The highest BCUT2D eigenvalue weighted by Crippen LogP contribution is 2.03. The lowest BCUT2D eigenvalue weighted by molar-refractivity contribution is -0.141. The second kappa shape index (κ2) is 7.63. The lowest BCUT2D eigenvalue weighted by Crippen LogP contribution is -2.43. The molecule has 0 rings (SSSR count). The van der Waals surface area contributed by atoms with Crippen LogP contribution < -0.4 is 0 Å². The largest absolute Gasteiger partial charge is 0.372 e. The molecule has 0 heterocycles. The monoisotopic (exact) mass is 230 g/mol. The van der Waals surface area contributed by atoms with E-state index in [1.807, 2.05) is 19.0 Å². The van der Waals surface area contributed by atoms with Gasteiger partial charge in [0, 0.05) is 26.7 Å². The Morgan fingerprint density at radius 2 is 1.75 bits per heavy atom. The third kappa shape index (κ3) is 6.08. The maximum absolute atomic E-state index is 12.0. The van der Waals surface area contributed by atoms with Crippen LogP contribution in [-0.2, 0) is 9.53 Å². The van der Waals surface area contributed by atoms with Crippen molar-refractivity contribution in [3.05, 3.63) is 0 Å². The van der Waals surface area contributed by atoms with E-state index in [0.29, 0.717) is 5.92 Å². The highest BCUT2D eigenvalue weighted by Gasteiger charge is 2.20. The summed E-state index contributed by atoms with van der Waals surface area (Å²) in [5, 5.41) is 0. The van der Waals surface area contributed by atoms with Crippen molar-refractivity contribution in [3.8, 4) is 0 Å². The number of hydrogen-bond acceptors (Lipinski definition) is 3. The Bertz CT molecular complexity index is 205. The number of carbonyl (C=O) groups excluding carboxylic acids is 1. The van der Waals surface area contributed by atoms with Gasteiger partial charge in [-0.05, 0) is 26.9 Å². The number of likely N-dealkylation sites (N-methyl/N-ethyl adjacent to an activating group) is 1. The van der Waals surface area contributed by atoms with E-state index in [-0.39, 0.29) is 12.0 Å². The van der Waals surface area contributed by atoms with Crippen molar-refractivity contribution in [3.63, 3.8) is 0 Å². The quantitative estimate of drug-likeness (QED) is 0.656. The van der Waals surface area contributed by atoms with E-state index in [9.17, 15) is 4.79 Å². The number of rotatable bonds is 7. The summed E-state index contributed by atoms with van der Waals surface area (Å²) in [4.78, 5) is 16.0. The number of ether oxygens (including phenoxy) is 1. The maximum Gasteiger partial charge on any atom is 0.251 e. The van der Waals surface area contributed by atoms with Crippen LogP contribution in [0.15, 0.2) is 0 Å². The molecule has 0 radical (unpaired) electrons. The first kappa shape index (κ1) is 15.4. The summed E-state index contributed by atoms with van der Waals surface area (Å²) in [5.74, 6) is 0.563. The lowest BCUT2D eigenvalue weighted by Gasteiger charge is -2.28. The Balaban J connectivity index is 4.34. The molecular formula is C12H26N2O2. The molecule has 0 aliphatic heterocycles. The molecule has 16 heavy (non-hydrogen) atoms. The number of nitrogens with zero attached hydrogens (tertiary/aromatic N) is 2. The minimum absolute atomic E-state index is 0.0815.